The Morgan fingerprint density at radius 3 is 2.46 bits per heavy atom. The van der Waals surface area contributed by atoms with E-state index in [1.807, 2.05) is 6.07 Å². The molecule has 1 aromatic carbocycles. The fourth-order valence-corrected chi connectivity index (χ4v) is 5.05. The van der Waals surface area contributed by atoms with E-state index in [1.165, 1.54) is 47.6 Å². The second-order valence-electron chi connectivity index (χ2n) is 9.22. The number of thioether (sulfide) groups is 1. The van der Waals surface area contributed by atoms with E-state index in [-0.39, 0.29) is 23.8 Å². The highest BCUT2D eigenvalue weighted by Gasteiger charge is 2.29. The van der Waals surface area contributed by atoms with Crippen LogP contribution in [0.25, 0.3) is 0 Å². The molecule has 9 nitrogen and oxygen atoms in total. The predicted octanol–water partition coefficient (Wildman–Crippen LogP) is 3.46. The molecule has 0 bridgehead atoms. The molecule has 0 saturated carbocycles. The zero-order chi connectivity index (χ0) is 26.1. The second kappa shape index (κ2) is 17.2. The van der Waals surface area contributed by atoms with Crippen LogP contribution in [0.1, 0.15) is 63.2 Å². The topological polar surface area (TPSA) is 121 Å². The van der Waals surface area contributed by atoms with E-state index in [9.17, 15) is 9.59 Å². The molecule has 3 rings (SSSR count). The van der Waals surface area contributed by atoms with Crippen molar-refractivity contribution in [3.63, 3.8) is 0 Å². The molecule has 1 fully saturated rings. The van der Waals surface area contributed by atoms with Gasteiger partial charge in [0.15, 0.2) is 0 Å². The SMILES string of the molecule is Nc1ccn([C@H]2CS[C@@H](COC(=O)CCCCCNCCCCCCNCc3ccccc3)O2)c(=O)n1. The molecule has 1 aliphatic heterocycles. The number of hydrogen-bond acceptors (Lipinski definition) is 9. The van der Waals surface area contributed by atoms with Crippen LogP contribution < -0.4 is 22.1 Å². The number of nitrogens with two attached hydrogens (primary N) is 1. The van der Waals surface area contributed by atoms with Crippen LogP contribution in [0.3, 0.4) is 0 Å². The quantitative estimate of drug-likeness (QED) is 0.196. The zero-order valence-electron chi connectivity index (χ0n) is 21.6. The highest BCUT2D eigenvalue weighted by Crippen LogP contribution is 2.31. The smallest absolute Gasteiger partial charge is 0.351 e. The first-order valence-corrected chi connectivity index (χ1v) is 14.4. The Balaban J connectivity index is 1.08. The monoisotopic (exact) mass is 531 g/mol. The lowest BCUT2D eigenvalue weighted by Crippen LogP contribution is -2.29. The van der Waals surface area contributed by atoms with Crippen molar-refractivity contribution in [2.24, 2.45) is 0 Å². The van der Waals surface area contributed by atoms with Crippen molar-refractivity contribution in [2.45, 2.75) is 69.6 Å². The Kier molecular flexibility index (Phi) is 13.5. The van der Waals surface area contributed by atoms with Crippen LogP contribution in [0.4, 0.5) is 5.82 Å². The van der Waals surface area contributed by atoms with Crippen molar-refractivity contribution in [1.29, 1.82) is 0 Å². The third-order valence-corrected chi connectivity index (χ3v) is 7.24. The molecular weight excluding hydrogens is 490 g/mol. The van der Waals surface area contributed by atoms with Gasteiger partial charge in [-0.25, -0.2) is 4.79 Å². The van der Waals surface area contributed by atoms with E-state index < -0.39 is 11.9 Å². The fourth-order valence-electron chi connectivity index (χ4n) is 4.06. The summed E-state index contributed by atoms with van der Waals surface area (Å²) in [6, 6.07) is 12.1. The Bertz CT molecular complexity index is 975. The lowest BCUT2D eigenvalue weighted by molar-refractivity contribution is -0.147. The highest BCUT2D eigenvalue weighted by atomic mass is 32.2. The fraction of sp³-hybridized carbons (Fsp3) is 0.593. The summed E-state index contributed by atoms with van der Waals surface area (Å²) >= 11 is 1.52. The number of aromatic nitrogens is 2. The number of unbranched alkanes of at least 4 members (excludes halogenated alkanes) is 5. The normalized spacial score (nSPS) is 17.2. The van der Waals surface area contributed by atoms with Gasteiger partial charge in [0.1, 0.15) is 24.1 Å². The van der Waals surface area contributed by atoms with Crippen molar-refractivity contribution < 1.29 is 14.3 Å². The van der Waals surface area contributed by atoms with Gasteiger partial charge in [0, 0.05) is 24.9 Å². The lowest BCUT2D eigenvalue weighted by atomic mass is 10.1. The predicted molar refractivity (Wildman–Crippen MR) is 148 cm³/mol. The number of rotatable bonds is 18. The van der Waals surface area contributed by atoms with Gasteiger partial charge < -0.3 is 25.8 Å². The zero-order valence-corrected chi connectivity index (χ0v) is 22.4. The molecule has 2 heterocycles. The summed E-state index contributed by atoms with van der Waals surface area (Å²) in [7, 11) is 0. The van der Waals surface area contributed by atoms with E-state index >= 15 is 0 Å². The number of benzene rings is 1. The largest absolute Gasteiger partial charge is 0.462 e. The lowest BCUT2D eigenvalue weighted by Gasteiger charge is -2.14. The molecule has 1 saturated heterocycles. The van der Waals surface area contributed by atoms with Crippen LogP contribution in [0.5, 0.6) is 0 Å². The molecule has 0 unspecified atom stereocenters. The van der Waals surface area contributed by atoms with E-state index in [4.69, 9.17) is 15.2 Å². The number of carbonyl (C=O) groups is 1. The van der Waals surface area contributed by atoms with E-state index in [0.717, 1.165) is 45.4 Å². The summed E-state index contributed by atoms with van der Waals surface area (Å²) in [6.45, 7) is 4.24. The number of nitrogens with zero attached hydrogens (tertiary/aromatic N) is 2. The third kappa shape index (κ3) is 11.7. The molecular formula is C27H41N5O4S. The maximum absolute atomic E-state index is 12.0. The highest BCUT2D eigenvalue weighted by molar-refractivity contribution is 8.00. The van der Waals surface area contributed by atoms with Gasteiger partial charge in [-0.2, -0.15) is 4.98 Å². The van der Waals surface area contributed by atoms with Gasteiger partial charge in [-0.1, -0.05) is 49.6 Å². The van der Waals surface area contributed by atoms with Crippen LogP contribution in [0.2, 0.25) is 0 Å². The molecule has 0 amide bonds. The van der Waals surface area contributed by atoms with Gasteiger partial charge in [-0.05, 0) is 56.9 Å². The minimum atomic E-state index is -0.444. The van der Waals surface area contributed by atoms with Crippen molar-refractivity contribution in [1.82, 2.24) is 20.2 Å². The van der Waals surface area contributed by atoms with Gasteiger partial charge in [0.2, 0.25) is 0 Å². The Morgan fingerprint density at radius 1 is 1.03 bits per heavy atom. The van der Waals surface area contributed by atoms with Crippen LogP contribution in [-0.2, 0) is 20.8 Å². The maximum atomic E-state index is 12.0. The number of anilines is 1. The summed E-state index contributed by atoms with van der Waals surface area (Å²) < 4.78 is 12.6. The molecule has 2 aromatic rings. The van der Waals surface area contributed by atoms with E-state index in [0.29, 0.717) is 12.2 Å². The first-order chi connectivity index (χ1) is 18.1. The molecule has 0 aliphatic carbocycles. The minimum absolute atomic E-state index is 0.182. The number of esters is 1. The Morgan fingerprint density at radius 2 is 1.73 bits per heavy atom. The van der Waals surface area contributed by atoms with Crippen molar-refractivity contribution in [3.8, 4) is 0 Å². The molecule has 1 aliphatic rings. The molecule has 10 heteroatoms. The van der Waals surface area contributed by atoms with Gasteiger partial charge in [0.05, 0.1) is 0 Å². The molecule has 0 radical (unpaired) electrons. The minimum Gasteiger partial charge on any atom is -0.462 e. The molecule has 4 N–H and O–H groups in total. The number of nitrogens with one attached hydrogen (secondary N) is 2. The van der Waals surface area contributed by atoms with Gasteiger partial charge >= 0.3 is 11.7 Å². The Hall–Kier alpha value is -2.40. The first kappa shape index (κ1) is 29.2. The molecule has 1 aromatic heterocycles. The standard InChI is InChI=1S/C27H41N5O4S/c28-23-14-18-32(27(34)31-23)24-21-37-26(36-24)20-35-25(33)13-7-4-10-16-29-15-8-1-2-9-17-30-19-22-11-5-3-6-12-22/h3,5-6,11-12,14,18,24,26,29-30H,1-2,4,7-10,13,15-17,19-21H2,(H2,28,31,34)/t24-,26+/m1/s1. The van der Waals surface area contributed by atoms with Crippen molar-refractivity contribution in [2.75, 3.05) is 37.7 Å². The molecule has 204 valence electrons. The number of ether oxygens (including phenoxy) is 2. The molecule has 0 spiro atoms. The van der Waals surface area contributed by atoms with Gasteiger partial charge in [-0.3, -0.25) is 9.36 Å². The van der Waals surface area contributed by atoms with E-state index in [1.54, 1.807) is 12.3 Å². The third-order valence-electron chi connectivity index (χ3n) is 6.14. The average Bonchev–Trinajstić information content (AvgIpc) is 3.37. The average molecular weight is 532 g/mol. The summed E-state index contributed by atoms with van der Waals surface area (Å²) in [5.74, 6) is 0.569. The summed E-state index contributed by atoms with van der Waals surface area (Å²) in [5, 5.41) is 7.00. The van der Waals surface area contributed by atoms with E-state index in [2.05, 4.69) is 39.9 Å². The van der Waals surface area contributed by atoms with Crippen LogP contribution in [-0.4, -0.2) is 53.0 Å². The summed E-state index contributed by atoms with van der Waals surface area (Å²) in [6.07, 6.45) is 9.38. The van der Waals surface area contributed by atoms with Gasteiger partial charge in [-0.15, -0.1) is 11.8 Å². The number of carbonyl (C=O) groups excluding carboxylic acids is 1. The number of hydrogen-bond donors (Lipinski definition) is 3. The van der Waals surface area contributed by atoms with Gasteiger partial charge in [0.25, 0.3) is 0 Å². The molecule has 37 heavy (non-hydrogen) atoms. The number of nitrogen functional groups attached to an aromatic ring is 1. The Labute approximate surface area is 223 Å². The first-order valence-electron chi connectivity index (χ1n) is 13.3. The second-order valence-corrected chi connectivity index (χ2v) is 10.4. The summed E-state index contributed by atoms with van der Waals surface area (Å²) in [5.41, 5.74) is 6.13. The molecule has 2 atom stereocenters. The van der Waals surface area contributed by atoms with Crippen LogP contribution in [0.15, 0.2) is 47.4 Å². The maximum Gasteiger partial charge on any atom is 0.351 e. The van der Waals surface area contributed by atoms with Crippen molar-refractivity contribution >= 4 is 23.5 Å². The van der Waals surface area contributed by atoms with Crippen LogP contribution >= 0.6 is 11.8 Å². The van der Waals surface area contributed by atoms with Crippen LogP contribution in [0, 0.1) is 0 Å². The summed E-state index contributed by atoms with van der Waals surface area (Å²) in [4.78, 5) is 27.7. The van der Waals surface area contributed by atoms with Crippen molar-refractivity contribution in [3.05, 3.63) is 58.6 Å².